The van der Waals surface area contributed by atoms with Crippen molar-refractivity contribution in [2.75, 3.05) is 14.9 Å². The number of carbonyl (C=O) groups excluding carboxylic acids is 2. The van der Waals surface area contributed by atoms with Crippen molar-refractivity contribution in [3.8, 4) is 0 Å². The molecule has 9 heteroatoms. The molecule has 0 fully saturated rings. The van der Waals surface area contributed by atoms with Crippen molar-refractivity contribution in [3.05, 3.63) is 83.9 Å². The highest BCUT2D eigenvalue weighted by Gasteiger charge is 2.41. The molecule has 0 spiro atoms. The fourth-order valence-corrected chi connectivity index (χ4v) is 5.12. The van der Waals surface area contributed by atoms with Gasteiger partial charge in [-0.3, -0.25) is 13.9 Å². The van der Waals surface area contributed by atoms with Crippen molar-refractivity contribution in [2.24, 2.45) is 0 Å². The molecule has 0 saturated heterocycles. The van der Waals surface area contributed by atoms with Crippen molar-refractivity contribution in [3.63, 3.8) is 0 Å². The molecular weight excluding hydrogens is 438 g/mol. The second kappa shape index (κ2) is 8.41. The lowest BCUT2D eigenvalue weighted by molar-refractivity contribution is -0.122. The molecule has 7 nitrogen and oxygen atoms in total. The van der Waals surface area contributed by atoms with E-state index in [4.69, 9.17) is 11.6 Å². The van der Waals surface area contributed by atoms with E-state index >= 15 is 0 Å². The highest BCUT2D eigenvalue weighted by Crippen LogP contribution is 2.37. The Kier molecular flexibility index (Phi) is 5.67. The van der Waals surface area contributed by atoms with E-state index in [1.807, 2.05) is 6.07 Å². The normalized spacial score (nSPS) is 15.7. The third-order valence-electron chi connectivity index (χ3n) is 4.79. The second-order valence-electron chi connectivity index (χ2n) is 6.90. The van der Waals surface area contributed by atoms with E-state index in [-0.39, 0.29) is 17.0 Å². The molecule has 2 amide bonds. The topological polar surface area (TPSA) is 95.6 Å². The van der Waals surface area contributed by atoms with Gasteiger partial charge < -0.3 is 10.6 Å². The zero-order valence-electron chi connectivity index (χ0n) is 16.2. The molecule has 0 saturated carbocycles. The molecule has 0 radical (unpaired) electrons. The van der Waals surface area contributed by atoms with Crippen molar-refractivity contribution >= 4 is 50.5 Å². The number of amides is 2. The molecule has 158 valence electrons. The first-order valence-corrected chi connectivity index (χ1v) is 11.2. The van der Waals surface area contributed by atoms with E-state index in [0.29, 0.717) is 16.4 Å². The number of nitrogens with zero attached hydrogens (tertiary/aromatic N) is 1. The molecule has 4 rings (SSSR count). The van der Waals surface area contributed by atoms with Crippen molar-refractivity contribution < 1.29 is 18.0 Å². The first-order valence-electron chi connectivity index (χ1n) is 9.41. The number of benzene rings is 3. The van der Waals surface area contributed by atoms with Gasteiger partial charge in [0.2, 0.25) is 11.8 Å². The Labute approximate surface area is 184 Å². The number of halogens is 1. The third kappa shape index (κ3) is 4.26. The predicted octanol–water partition coefficient (Wildman–Crippen LogP) is 3.88. The van der Waals surface area contributed by atoms with Gasteiger partial charge in [0.1, 0.15) is 6.04 Å². The Morgan fingerprint density at radius 2 is 1.61 bits per heavy atom. The summed E-state index contributed by atoms with van der Waals surface area (Å²) >= 11 is 5.90. The minimum absolute atomic E-state index is 0.0325. The van der Waals surface area contributed by atoms with Gasteiger partial charge in [-0.15, -0.1) is 0 Å². The molecule has 1 heterocycles. The number of sulfonamides is 1. The summed E-state index contributed by atoms with van der Waals surface area (Å²) in [6, 6.07) is 19.7. The molecule has 2 N–H and O–H groups in total. The van der Waals surface area contributed by atoms with Crippen LogP contribution in [0.5, 0.6) is 0 Å². The third-order valence-corrected chi connectivity index (χ3v) is 6.88. The molecule has 0 aliphatic carbocycles. The Hall–Kier alpha value is -3.36. The predicted molar refractivity (Wildman–Crippen MR) is 120 cm³/mol. The largest absolute Gasteiger partial charge is 0.326 e. The quantitative estimate of drug-likeness (QED) is 0.610. The number of anilines is 3. The summed E-state index contributed by atoms with van der Waals surface area (Å²) in [5.41, 5.74) is 1.19. The summed E-state index contributed by atoms with van der Waals surface area (Å²) in [4.78, 5) is 25.5. The molecule has 3 aromatic rings. The van der Waals surface area contributed by atoms with Gasteiger partial charge in [0.15, 0.2) is 0 Å². The van der Waals surface area contributed by atoms with Crippen molar-refractivity contribution in [1.29, 1.82) is 0 Å². The minimum atomic E-state index is -4.16. The lowest BCUT2D eigenvalue weighted by atomic mass is 10.1. The molecule has 0 bridgehead atoms. The van der Waals surface area contributed by atoms with Crippen LogP contribution in [0.2, 0.25) is 5.02 Å². The van der Waals surface area contributed by atoms with Crippen LogP contribution in [0.15, 0.2) is 83.8 Å². The molecule has 1 aliphatic rings. The van der Waals surface area contributed by atoms with Gasteiger partial charge in [0.05, 0.1) is 22.7 Å². The van der Waals surface area contributed by atoms with E-state index in [2.05, 4.69) is 10.6 Å². The van der Waals surface area contributed by atoms with E-state index in [1.54, 1.807) is 48.5 Å². The van der Waals surface area contributed by atoms with Crippen LogP contribution in [-0.4, -0.2) is 26.3 Å². The maximum atomic E-state index is 13.5. The van der Waals surface area contributed by atoms with Crippen molar-refractivity contribution in [1.82, 2.24) is 0 Å². The van der Waals surface area contributed by atoms with E-state index in [0.717, 1.165) is 4.31 Å². The molecule has 31 heavy (non-hydrogen) atoms. The highest BCUT2D eigenvalue weighted by molar-refractivity contribution is 7.93. The van der Waals surface area contributed by atoms with Crippen LogP contribution in [-0.2, 0) is 19.6 Å². The Morgan fingerprint density at radius 3 is 2.32 bits per heavy atom. The summed E-state index contributed by atoms with van der Waals surface area (Å²) in [6.07, 6.45) is -0.359. The average molecular weight is 456 g/mol. The van der Waals surface area contributed by atoms with Gasteiger partial charge in [-0.25, -0.2) is 8.42 Å². The van der Waals surface area contributed by atoms with Crippen LogP contribution in [0.25, 0.3) is 0 Å². The van der Waals surface area contributed by atoms with Gasteiger partial charge in [-0.05, 0) is 48.5 Å². The lowest BCUT2D eigenvalue weighted by Crippen LogP contribution is -2.52. The Balaban J connectivity index is 1.73. The number of fused-ring (bicyclic) bond motifs is 1. The molecule has 1 unspecified atom stereocenters. The average Bonchev–Trinajstić information content (AvgIpc) is 2.75. The minimum Gasteiger partial charge on any atom is -0.326 e. The second-order valence-corrected chi connectivity index (χ2v) is 9.15. The number of hydrogen-bond donors (Lipinski definition) is 2. The maximum Gasteiger partial charge on any atom is 0.265 e. The summed E-state index contributed by atoms with van der Waals surface area (Å²) in [5, 5.41) is 5.77. The number of nitrogens with one attached hydrogen (secondary N) is 2. The lowest BCUT2D eigenvalue weighted by Gasteiger charge is -2.36. The monoisotopic (exact) mass is 455 g/mol. The summed E-state index contributed by atoms with van der Waals surface area (Å²) < 4.78 is 28.1. The van der Waals surface area contributed by atoms with Gasteiger partial charge in [-0.2, -0.15) is 0 Å². The fourth-order valence-electron chi connectivity index (χ4n) is 3.36. The van der Waals surface area contributed by atoms with Gasteiger partial charge in [0.25, 0.3) is 10.0 Å². The van der Waals surface area contributed by atoms with Crippen LogP contribution in [0.1, 0.15) is 6.42 Å². The van der Waals surface area contributed by atoms with E-state index in [9.17, 15) is 18.0 Å². The van der Waals surface area contributed by atoms with Crippen LogP contribution in [0.4, 0.5) is 17.1 Å². The molecule has 1 atom stereocenters. The van der Waals surface area contributed by atoms with Crippen molar-refractivity contribution in [2.45, 2.75) is 17.4 Å². The Morgan fingerprint density at radius 1 is 0.968 bits per heavy atom. The first kappa shape index (κ1) is 20.9. The van der Waals surface area contributed by atoms with Gasteiger partial charge in [0, 0.05) is 10.7 Å². The van der Waals surface area contributed by atoms with Crippen LogP contribution < -0.4 is 14.9 Å². The summed E-state index contributed by atoms with van der Waals surface area (Å²) in [5.74, 6) is -1.07. The smallest absolute Gasteiger partial charge is 0.265 e. The van der Waals surface area contributed by atoms with Crippen LogP contribution >= 0.6 is 11.6 Å². The molecule has 0 aromatic heterocycles. The number of hydrogen-bond acceptors (Lipinski definition) is 4. The fraction of sp³-hybridized carbons (Fsp3) is 0.0909. The number of carbonyl (C=O) groups is 2. The molecule has 1 aliphatic heterocycles. The number of rotatable bonds is 5. The van der Waals surface area contributed by atoms with E-state index in [1.165, 1.54) is 24.3 Å². The van der Waals surface area contributed by atoms with E-state index < -0.39 is 27.9 Å². The first-order chi connectivity index (χ1) is 14.9. The summed E-state index contributed by atoms with van der Waals surface area (Å²) in [7, 11) is -4.16. The molecular formula is C22H18ClN3O4S. The highest BCUT2D eigenvalue weighted by atomic mass is 35.5. The standard InChI is InChI=1S/C22H18ClN3O4S/c23-15-10-12-17(13-11-15)31(29,30)26-19-9-5-4-8-18(19)25-22(28)20(26)14-21(27)24-16-6-2-1-3-7-16/h1-13,20H,14H2,(H,24,27)(H,25,28). The Bertz CT molecular complexity index is 1230. The number of para-hydroxylation sites is 3. The zero-order valence-corrected chi connectivity index (χ0v) is 17.7. The molecule has 3 aromatic carbocycles. The SMILES string of the molecule is O=C(CC1C(=O)Nc2ccccc2N1S(=O)(=O)c1ccc(Cl)cc1)Nc1ccccc1. The van der Waals surface area contributed by atoms with Gasteiger partial charge >= 0.3 is 0 Å². The maximum absolute atomic E-state index is 13.5. The van der Waals surface area contributed by atoms with Crippen LogP contribution in [0, 0.1) is 0 Å². The van der Waals surface area contributed by atoms with Crippen LogP contribution in [0.3, 0.4) is 0 Å². The summed E-state index contributed by atoms with van der Waals surface area (Å²) in [6.45, 7) is 0. The zero-order chi connectivity index (χ0) is 22.0. The van der Waals surface area contributed by atoms with Gasteiger partial charge in [-0.1, -0.05) is 41.9 Å².